The monoisotopic (exact) mass is 390 g/mol. The van der Waals surface area contributed by atoms with E-state index in [0.29, 0.717) is 15.4 Å². The second-order valence-electron chi connectivity index (χ2n) is 5.29. The van der Waals surface area contributed by atoms with Crippen molar-refractivity contribution >= 4 is 23.5 Å². The van der Waals surface area contributed by atoms with Gasteiger partial charge in [0.05, 0.1) is 27.9 Å². The number of hydrogen-bond acceptors (Lipinski definition) is 8. The summed E-state index contributed by atoms with van der Waals surface area (Å²) in [4.78, 5) is 26.4. The maximum absolute atomic E-state index is 4.56. The van der Waals surface area contributed by atoms with E-state index < -0.39 is 0 Å². The molecule has 4 heterocycles. The van der Waals surface area contributed by atoms with Gasteiger partial charge in [-0.2, -0.15) is 0 Å². The molecule has 0 aliphatic carbocycles. The molecule has 4 rings (SSSR count). The van der Waals surface area contributed by atoms with Gasteiger partial charge in [-0.25, -0.2) is 19.9 Å². The molecule has 0 radical (unpaired) electrons. The minimum atomic E-state index is 0.700. The number of rotatable bonds is 6. The summed E-state index contributed by atoms with van der Waals surface area (Å²) in [5.41, 5.74) is 3.29. The van der Waals surface area contributed by atoms with Gasteiger partial charge in [0.1, 0.15) is 0 Å². The molecule has 4 aromatic heterocycles. The van der Waals surface area contributed by atoms with Gasteiger partial charge in [-0.05, 0) is 36.4 Å². The van der Waals surface area contributed by atoms with Crippen LogP contribution in [0.1, 0.15) is 0 Å². The highest BCUT2D eigenvalue weighted by Gasteiger charge is 2.06. The van der Waals surface area contributed by atoms with Gasteiger partial charge in [0.2, 0.25) is 0 Å². The Bertz CT molecular complexity index is 932. The summed E-state index contributed by atoms with van der Waals surface area (Å²) in [7, 11) is 0. The van der Waals surface area contributed by atoms with Crippen LogP contribution in [-0.4, -0.2) is 35.0 Å². The maximum Gasteiger partial charge on any atom is 0.188 e. The Morgan fingerprint density at radius 2 is 1.04 bits per heavy atom. The van der Waals surface area contributed by atoms with Crippen molar-refractivity contribution in [1.82, 2.24) is 29.9 Å². The normalized spacial score (nSPS) is 10.7. The standard InChI is InChI=1S/C19H14N6S2/c1-3-9-20-14(5-1)16-7-11-22-18(24-16)26-13-27-19-23-12-8-17(25-19)15-6-2-4-10-21-15/h1-12H,13H2. The minimum Gasteiger partial charge on any atom is -0.255 e. The maximum atomic E-state index is 4.56. The first-order chi connectivity index (χ1) is 13.4. The van der Waals surface area contributed by atoms with Crippen LogP contribution < -0.4 is 0 Å². The van der Waals surface area contributed by atoms with Crippen LogP contribution in [0.4, 0.5) is 0 Å². The van der Waals surface area contributed by atoms with Crippen LogP contribution in [0.3, 0.4) is 0 Å². The van der Waals surface area contributed by atoms with E-state index in [-0.39, 0.29) is 0 Å². The zero-order chi connectivity index (χ0) is 18.3. The van der Waals surface area contributed by atoms with Gasteiger partial charge in [0.25, 0.3) is 0 Å². The van der Waals surface area contributed by atoms with Crippen LogP contribution in [0.5, 0.6) is 0 Å². The Labute approximate surface area is 165 Å². The summed E-state index contributed by atoms with van der Waals surface area (Å²) >= 11 is 3.09. The predicted molar refractivity (Wildman–Crippen MR) is 107 cm³/mol. The van der Waals surface area contributed by atoms with Crippen LogP contribution in [-0.2, 0) is 0 Å². The van der Waals surface area contributed by atoms with Crippen molar-refractivity contribution in [2.45, 2.75) is 10.3 Å². The number of aromatic nitrogens is 6. The van der Waals surface area contributed by atoms with Crippen LogP contribution in [0.25, 0.3) is 22.8 Å². The molecule has 0 N–H and O–H groups in total. The van der Waals surface area contributed by atoms with Crippen molar-refractivity contribution in [1.29, 1.82) is 0 Å². The molecule has 8 heteroatoms. The van der Waals surface area contributed by atoms with Crippen molar-refractivity contribution in [3.8, 4) is 22.8 Å². The highest BCUT2D eigenvalue weighted by atomic mass is 32.2. The summed E-state index contributed by atoms with van der Waals surface area (Å²) in [6, 6.07) is 15.2. The van der Waals surface area contributed by atoms with Gasteiger partial charge >= 0.3 is 0 Å². The Hall–Kier alpha value is -2.84. The molecule has 4 aromatic rings. The van der Waals surface area contributed by atoms with Crippen LogP contribution >= 0.6 is 23.5 Å². The summed E-state index contributed by atoms with van der Waals surface area (Å²) in [6.45, 7) is 0. The number of pyridine rings is 2. The molecule has 0 saturated heterocycles. The fraction of sp³-hybridized carbons (Fsp3) is 0.0526. The number of nitrogens with zero attached hydrogens (tertiary/aromatic N) is 6. The van der Waals surface area contributed by atoms with Gasteiger partial charge in [-0.1, -0.05) is 35.7 Å². The quantitative estimate of drug-likeness (QED) is 0.275. The SMILES string of the molecule is c1ccc(-c2ccnc(SCSc3nccc(-c4ccccn4)n3)n2)nc1. The van der Waals surface area contributed by atoms with E-state index in [1.807, 2.05) is 48.5 Å². The van der Waals surface area contributed by atoms with E-state index in [2.05, 4.69) is 29.9 Å². The lowest BCUT2D eigenvalue weighted by Crippen LogP contribution is -1.93. The molecule has 0 saturated carbocycles. The Kier molecular flexibility index (Phi) is 5.66. The molecular weight excluding hydrogens is 376 g/mol. The smallest absolute Gasteiger partial charge is 0.188 e. The van der Waals surface area contributed by atoms with Crippen molar-refractivity contribution in [3.63, 3.8) is 0 Å². The van der Waals surface area contributed by atoms with Crippen LogP contribution in [0.2, 0.25) is 0 Å². The van der Waals surface area contributed by atoms with Gasteiger partial charge < -0.3 is 0 Å². The third kappa shape index (κ3) is 4.66. The zero-order valence-electron chi connectivity index (χ0n) is 14.1. The lowest BCUT2D eigenvalue weighted by atomic mass is 10.3. The first kappa shape index (κ1) is 17.6. The van der Waals surface area contributed by atoms with E-state index in [9.17, 15) is 0 Å². The third-order valence-corrected chi connectivity index (χ3v) is 5.35. The second kappa shape index (κ2) is 8.70. The summed E-state index contributed by atoms with van der Waals surface area (Å²) in [5.74, 6) is 0. The topological polar surface area (TPSA) is 77.3 Å². The Balaban J connectivity index is 1.41. The van der Waals surface area contributed by atoms with E-state index in [4.69, 9.17) is 0 Å². The highest BCUT2D eigenvalue weighted by molar-refractivity contribution is 8.15. The van der Waals surface area contributed by atoms with Crippen LogP contribution in [0.15, 0.2) is 83.6 Å². The first-order valence-corrected chi connectivity index (χ1v) is 10.1. The molecule has 132 valence electrons. The molecule has 6 nitrogen and oxygen atoms in total. The third-order valence-electron chi connectivity index (χ3n) is 3.50. The van der Waals surface area contributed by atoms with Crippen molar-refractivity contribution in [3.05, 3.63) is 73.3 Å². The zero-order valence-corrected chi connectivity index (χ0v) is 15.8. The summed E-state index contributed by atoms with van der Waals surface area (Å²) in [6.07, 6.45) is 7.02. The molecule has 0 aliphatic heterocycles. The van der Waals surface area contributed by atoms with E-state index in [0.717, 1.165) is 22.8 Å². The van der Waals surface area contributed by atoms with Gasteiger partial charge in [-0.15, -0.1) is 0 Å². The van der Waals surface area contributed by atoms with Gasteiger partial charge in [-0.3, -0.25) is 9.97 Å². The molecule has 0 aromatic carbocycles. The first-order valence-electron chi connectivity index (χ1n) is 8.13. The molecule has 0 unspecified atom stereocenters. The van der Waals surface area contributed by atoms with Crippen molar-refractivity contribution < 1.29 is 0 Å². The van der Waals surface area contributed by atoms with Gasteiger partial charge in [0.15, 0.2) is 10.3 Å². The Morgan fingerprint density at radius 1 is 0.519 bits per heavy atom. The molecule has 0 fully saturated rings. The number of thioether (sulfide) groups is 2. The van der Waals surface area contributed by atoms with Crippen LogP contribution in [0, 0.1) is 0 Å². The molecule has 0 aliphatic rings. The van der Waals surface area contributed by atoms with E-state index in [1.165, 1.54) is 0 Å². The van der Waals surface area contributed by atoms with Crippen molar-refractivity contribution in [2.24, 2.45) is 0 Å². The van der Waals surface area contributed by atoms with E-state index >= 15 is 0 Å². The van der Waals surface area contributed by atoms with Gasteiger partial charge in [0, 0.05) is 24.8 Å². The Morgan fingerprint density at radius 3 is 1.48 bits per heavy atom. The lowest BCUT2D eigenvalue weighted by molar-refractivity contribution is 0.966. The fourth-order valence-corrected chi connectivity index (χ4v) is 3.94. The largest absolute Gasteiger partial charge is 0.255 e. The minimum absolute atomic E-state index is 0.700. The van der Waals surface area contributed by atoms with Crippen molar-refractivity contribution in [2.75, 3.05) is 5.08 Å². The summed E-state index contributed by atoms with van der Waals surface area (Å²) in [5, 5.41) is 2.11. The average molecular weight is 390 g/mol. The average Bonchev–Trinajstić information content (AvgIpc) is 2.75. The lowest BCUT2D eigenvalue weighted by Gasteiger charge is -2.04. The fourth-order valence-electron chi connectivity index (χ4n) is 2.27. The number of hydrogen-bond donors (Lipinski definition) is 0. The summed E-state index contributed by atoms with van der Waals surface area (Å²) < 4.78 is 0. The highest BCUT2D eigenvalue weighted by Crippen LogP contribution is 2.25. The molecule has 0 bridgehead atoms. The second-order valence-corrected chi connectivity index (χ2v) is 7.54. The van der Waals surface area contributed by atoms with E-state index in [1.54, 1.807) is 48.3 Å². The molecular formula is C19H14N6S2. The molecule has 0 amide bonds. The molecule has 0 spiro atoms. The molecule has 27 heavy (non-hydrogen) atoms. The predicted octanol–water partition coefficient (Wildman–Crippen LogP) is 4.23. The molecule has 0 atom stereocenters.